The number of nitrogens with one attached hydrogen (secondary N) is 1. The van der Waals surface area contributed by atoms with Crippen LogP contribution in [0, 0.1) is 0 Å². The Morgan fingerprint density at radius 3 is 2.19 bits per heavy atom. The number of benzene rings is 1. The zero-order valence-electron chi connectivity index (χ0n) is 15.5. The number of halogens is 6. The van der Waals surface area contributed by atoms with E-state index in [9.17, 15) is 35.9 Å². The quantitative estimate of drug-likeness (QED) is 0.482. The predicted octanol–water partition coefficient (Wildman–Crippen LogP) is 4.34. The Balaban J connectivity index is 2.04. The smallest absolute Gasteiger partial charge is 0.321 e. The Hall–Kier alpha value is -3.70. The molecule has 12 heteroatoms. The molecular weight excluding hydrogens is 430 g/mol. The van der Waals surface area contributed by atoms with Crippen molar-refractivity contribution in [2.75, 3.05) is 5.32 Å². The summed E-state index contributed by atoms with van der Waals surface area (Å²) >= 11 is 0. The number of ketones is 1. The van der Waals surface area contributed by atoms with Crippen LogP contribution in [0.2, 0.25) is 0 Å². The number of amides is 1. The molecule has 31 heavy (non-hydrogen) atoms. The fraction of sp³-hybridized carbons (Fsp3) is 0.158. The van der Waals surface area contributed by atoms with Gasteiger partial charge in [0.25, 0.3) is 5.91 Å². The third-order valence-electron chi connectivity index (χ3n) is 4.11. The summed E-state index contributed by atoms with van der Waals surface area (Å²) in [5.41, 5.74) is -5.48. The second-order valence-corrected chi connectivity index (χ2v) is 6.27. The molecule has 3 aromatic rings. The molecule has 0 bridgehead atoms. The second-order valence-electron chi connectivity index (χ2n) is 6.27. The Labute approximate surface area is 170 Å². The van der Waals surface area contributed by atoms with E-state index < -0.39 is 52.4 Å². The highest BCUT2D eigenvalue weighted by molar-refractivity contribution is 6.12. The number of anilines is 1. The van der Waals surface area contributed by atoms with Crippen LogP contribution in [0.3, 0.4) is 0 Å². The van der Waals surface area contributed by atoms with Crippen molar-refractivity contribution in [3.63, 3.8) is 0 Å². The van der Waals surface area contributed by atoms with E-state index in [1.807, 2.05) is 5.32 Å². The summed E-state index contributed by atoms with van der Waals surface area (Å²) in [5.74, 6) is -2.46. The summed E-state index contributed by atoms with van der Waals surface area (Å²) in [6.07, 6.45) is -9.22. The summed E-state index contributed by atoms with van der Waals surface area (Å²) in [5, 5.41) is 5.53. The van der Waals surface area contributed by atoms with E-state index in [0.717, 1.165) is 19.3 Å². The molecule has 3 rings (SSSR count). The van der Waals surface area contributed by atoms with Gasteiger partial charge >= 0.3 is 12.4 Å². The van der Waals surface area contributed by atoms with E-state index in [2.05, 4.69) is 10.1 Å². The summed E-state index contributed by atoms with van der Waals surface area (Å²) in [6.45, 7) is 0. The fourth-order valence-electron chi connectivity index (χ4n) is 2.79. The van der Waals surface area contributed by atoms with Crippen LogP contribution in [0.15, 0.2) is 48.7 Å². The third-order valence-corrected chi connectivity index (χ3v) is 4.11. The van der Waals surface area contributed by atoms with Crippen LogP contribution in [0.4, 0.5) is 32.0 Å². The minimum Gasteiger partial charge on any atom is -0.321 e. The standard InChI is InChI=1S/C19H12F6N4O2/c1-29-15(17(31)27-11-7-8-26-12(9-11)18(20,21)22)13(19(23,24)25)14(28-29)16(30)10-5-3-2-4-6-10/h2-9H,1H3,(H,26,27,31). The number of nitrogens with zero attached hydrogens (tertiary/aromatic N) is 3. The van der Waals surface area contributed by atoms with Crippen molar-refractivity contribution < 1.29 is 35.9 Å². The number of alkyl halides is 6. The molecule has 0 atom stereocenters. The van der Waals surface area contributed by atoms with Gasteiger partial charge in [0.05, 0.1) is 0 Å². The van der Waals surface area contributed by atoms with E-state index in [4.69, 9.17) is 0 Å². The maximum atomic E-state index is 13.8. The van der Waals surface area contributed by atoms with E-state index in [1.165, 1.54) is 24.3 Å². The van der Waals surface area contributed by atoms with Crippen molar-refractivity contribution in [3.05, 3.63) is 76.9 Å². The van der Waals surface area contributed by atoms with Crippen LogP contribution in [0.5, 0.6) is 0 Å². The van der Waals surface area contributed by atoms with E-state index in [1.54, 1.807) is 6.07 Å². The molecule has 0 aliphatic rings. The lowest BCUT2D eigenvalue weighted by molar-refractivity contribution is -0.141. The average molecular weight is 442 g/mol. The van der Waals surface area contributed by atoms with Crippen LogP contribution in [-0.2, 0) is 19.4 Å². The molecule has 2 aromatic heterocycles. The highest BCUT2D eigenvalue weighted by Crippen LogP contribution is 2.36. The summed E-state index contributed by atoms with van der Waals surface area (Å²) < 4.78 is 80.2. The molecule has 162 valence electrons. The first-order valence-electron chi connectivity index (χ1n) is 8.48. The van der Waals surface area contributed by atoms with Crippen LogP contribution in [0.1, 0.15) is 37.8 Å². The lowest BCUT2D eigenvalue weighted by atomic mass is 10.0. The summed E-state index contributed by atoms with van der Waals surface area (Å²) in [7, 11) is 1.01. The normalized spacial score (nSPS) is 12.0. The van der Waals surface area contributed by atoms with Crippen LogP contribution < -0.4 is 5.32 Å². The van der Waals surface area contributed by atoms with Gasteiger partial charge in [-0.3, -0.25) is 19.3 Å². The van der Waals surface area contributed by atoms with Gasteiger partial charge in [0.1, 0.15) is 22.6 Å². The minimum atomic E-state index is -5.14. The Morgan fingerprint density at radius 1 is 0.968 bits per heavy atom. The molecule has 1 aromatic carbocycles. The molecule has 0 fully saturated rings. The van der Waals surface area contributed by atoms with Gasteiger partial charge in [-0.05, 0) is 12.1 Å². The molecule has 1 amide bonds. The molecule has 2 heterocycles. The number of hydrogen-bond acceptors (Lipinski definition) is 4. The van der Waals surface area contributed by atoms with Crippen molar-refractivity contribution in [1.82, 2.24) is 14.8 Å². The van der Waals surface area contributed by atoms with Gasteiger partial charge in [-0.1, -0.05) is 30.3 Å². The molecule has 0 radical (unpaired) electrons. The maximum absolute atomic E-state index is 13.8. The first-order chi connectivity index (χ1) is 14.4. The highest BCUT2D eigenvalue weighted by Gasteiger charge is 2.44. The van der Waals surface area contributed by atoms with Crippen molar-refractivity contribution >= 4 is 17.4 Å². The van der Waals surface area contributed by atoms with Gasteiger partial charge < -0.3 is 5.32 Å². The maximum Gasteiger partial charge on any atom is 0.433 e. The van der Waals surface area contributed by atoms with E-state index in [-0.39, 0.29) is 5.56 Å². The summed E-state index contributed by atoms with van der Waals surface area (Å²) in [6, 6.07) is 8.46. The fourth-order valence-corrected chi connectivity index (χ4v) is 2.79. The van der Waals surface area contributed by atoms with Gasteiger partial charge in [-0.25, -0.2) is 0 Å². The highest BCUT2D eigenvalue weighted by atomic mass is 19.4. The molecular formula is C19H12F6N4O2. The number of carbonyl (C=O) groups excluding carboxylic acids is 2. The third kappa shape index (κ3) is 4.57. The molecule has 0 aliphatic heterocycles. The van der Waals surface area contributed by atoms with Gasteiger partial charge in [0, 0.05) is 24.5 Å². The van der Waals surface area contributed by atoms with Crippen molar-refractivity contribution in [1.29, 1.82) is 0 Å². The molecule has 6 nitrogen and oxygen atoms in total. The predicted molar refractivity (Wildman–Crippen MR) is 95.3 cm³/mol. The molecule has 0 saturated heterocycles. The lowest BCUT2D eigenvalue weighted by Crippen LogP contribution is -2.22. The molecule has 0 unspecified atom stereocenters. The molecule has 0 saturated carbocycles. The Kier molecular flexibility index (Phi) is 5.57. The molecule has 0 spiro atoms. The number of aromatic nitrogens is 3. The van der Waals surface area contributed by atoms with E-state index in [0.29, 0.717) is 10.7 Å². The monoisotopic (exact) mass is 442 g/mol. The van der Waals surface area contributed by atoms with Crippen LogP contribution in [-0.4, -0.2) is 26.5 Å². The zero-order valence-corrected chi connectivity index (χ0v) is 15.5. The SMILES string of the molecule is Cn1nc(C(=O)c2ccccc2)c(C(F)(F)F)c1C(=O)Nc1ccnc(C(F)(F)F)c1. The van der Waals surface area contributed by atoms with Gasteiger partial charge in [0.2, 0.25) is 5.78 Å². The van der Waals surface area contributed by atoms with Gasteiger partial charge in [0.15, 0.2) is 0 Å². The topological polar surface area (TPSA) is 76.9 Å². The zero-order chi connectivity index (χ0) is 23.0. The molecule has 0 aliphatic carbocycles. The number of carbonyl (C=O) groups is 2. The average Bonchev–Trinajstić information content (AvgIpc) is 3.05. The number of hydrogen-bond donors (Lipinski definition) is 1. The number of aryl methyl sites for hydroxylation is 1. The molecule has 1 N–H and O–H groups in total. The Morgan fingerprint density at radius 2 is 1.61 bits per heavy atom. The van der Waals surface area contributed by atoms with Crippen molar-refractivity contribution in [2.45, 2.75) is 12.4 Å². The number of rotatable bonds is 4. The van der Waals surface area contributed by atoms with E-state index >= 15 is 0 Å². The van der Waals surface area contributed by atoms with Crippen LogP contribution >= 0.6 is 0 Å². The Bertz CT molecular complexity index is 1140. The number of pyridine rings is 1. The van der Waals surface area contributed by atoms with Crippen LogP contribution in [0.25, 0.3) is 0 Å². The minimum absolute atomic E-state index is 0.0815. The largest absolute Gasteiger partial charge is 0.433 e. The lowest BCUT2D eigenvalue weighted by Gasteiger charge is -2.12. The summed E-state index contributed by atoms with van der Waals surface area (Å²) in [4.78, 5) is 28.2. The second kappa shape index (κ2) is 7.85. The van der Waals surface area contributed by atoms with Crippen molar-refractivity contribution in [2.24, 2.45) is 7.05 Å². The first kappa shape index (κ1) is 22.0. The van der Waals surface area contributed by atoms with Gasteiger partial charge in [-0.2, -0.15) is 31.4 Å². The first-order valence-corrected chi connectivity index (χ1v) is 8.48. The van der Waals surface area contributed by atoms with Crippen molar-refractivity contribution in [3.8, 4) is 0 Å². The van der Waals surface area contributed by atoms with Gasteiger partial charge in [-0.15, -0.1) is 0 Å².